The summed E-state index contributed by atoms with van der Waals surface area (Å²) in [5.74, 6) is -0.192. The number of aliphatic hydroxyl groups is 5. The van der Waals surface area contributed by atoms with E-state index in [9.17, 15) is 30.3 Å². The van der Waals surface area contributed by atoms with E-state index in [1.807, 2.05) is 6.08 Å². The van der Waals surface area contributed by atoms with Crippen LogP contribution in [0.2, 0.25) is 0 Å². The summed E-state index contributed by atoms with van der Waals surface area (Å²) in [7, 11) is 0. The maximum absolute atomic E-state index is 13.1. The van der Waals surface area contributed by atoms with Crippen LogP contribution in [0.3, 0.4) is 0 Å². The van der Waals surface area contributed by atoms with E-state index in [1.54, 1.807) is 6.08 Å². The molecule has 1 saturated heterocycles. The fourth-order valence-corrected chi connectivity index (χ4v) is 9.57. The molecule has 7 unspecified atom stereocenters. The zero-order chi connectivity index (χ0) is 56.5. The van der Waals surface area contributed by atoms with Crippen molar-refractivity contribution in [3.8, 4) is 0 Å². The van der Waals surface area contributed by atoms with E-state index in [0.717, 1.165) is 96.3 Å². The molecule has 0 spiro atoms. The number of hydrogen-bond acceptors (Lipinski definition) is 8. The third-order valence-electron chi connectivity index (χ3n) is 14.6. The van der Waals surface area contributed by atoms with Gasteiger partial charge in [-0.15, -0.1) is 0 Å². The van der Waals surface area contributed by atoms with Crippen LogP contribution in [0.5, 0.6) is 0 Å². The molecule has 9 nitrogen and oxygen atoms in total. The highest BCUT2D eigenvalue weighted by Crippen LogP contribution is 2.23. The number of allylic oxidation sites excluding steroid dienone is 17. The standard InChI is InChI=1S/C69H119NO8/c1-3-5-7-9-11-13-15-17-19-21-23-25-27-28-29-30-31-32-33-34-35-36-37-39-41-43-45-47-49-51-53-55-57-59-65(73)70-62(61-77-69-68(76)67(75)66(74)64(60-71)78-69)63(72)58-56-54-52-50-48-46-44-42-40-38-26-24-22-20-18-16-14-12-10-8-6-4-2/h5,7,11,13,17,19,23,25,28-29,31-32,34-35,48,50,56,58,62-64,66-69,71-72,74-76H,3-4,6,8-10,12,14-16,18,20-22,24,26-27,30,33,36-47,49,51-55,57,59-61H2,1-2H3,(H,70,73)/b7-5-,13-11-,19-17-,25-23-,29-28-,32-31-,35-34-,50-48+,58-56+. The highest BCUT2D eigenvalue weighted by atomic mass is 16.7. The maximum atomic E-state index is 13.1. The van der Waals surface area contributed by atoms with E-state index < -0.39 is 49.5 Å². The minimum absolute atomic E-state index is 0.192. The van der Waals surface area contributed by atoms with Crippen LogP contribution in [0.25, 0.3) is 0 Å². The first-order chi connectivity index (χ1) is 38.3. The monoisotopic (exact) mass is 1090 g/mol. The Bertz CT molecular complexity index is 1590. The average molecular weight is 1090 g/mol. The third-order valence-corrected chi connectivity index (χ3v) is 14.6. The molecule has 0 bridgehead atoms. The summed E-state index contributed by atoms with van der Waals surface area (Å²) in [4.78, 5) is 13.1. The van der Waals surface area contributed by atoms with Gasteiger partial charge in [0.2, 0.25) is 5.91 Å². The molecule has 0 aromatic rings. The molecular weight excluding hydrogens is 971 g/mol. The summed E-state index contributed by atoms with van der Waals surface area (Å²) in [6.07, 6.45) is 77.4. The number of aliphatic hydroxyl groups excluding tert-OH is 5. The smallest absolute Gasteiger partial charge is 0.220 e. The summed E-state index contributed by atoms with van der Waals surface area (Å²) in [6.45, 7) is 3.66. The molecule has 0 radical (unpaired) electrons. The molecule has 78 heavy (non-hydrogen) atoms. The van der Waals surface area contributed by atoms with Gasteiger partial charge in [0.05, 0.1) is 25.4 Å². The first-order valence-electron chi connectivity index (χ1n) is 32.1. The van der Waals surface area contributed by atoms with Crippen LogP contribution >= 0.6 is 0 Å². The van der Waals surface area contributed by atoms with E-state index in [2.05, 4.69) is 116 Å². The maximum Gasteiger partial charge on any atom is 0.220 e. The molecule has 1 fully saturated rings. The van der Waals surface area contributed by atoms with Crippen LogP contribution in [0.1, 0.15) is 264 Å². The fourth-order valence-electron chi connectivity index (χ4n) is 9.57. The zero-order valence-electron chi connectivity index (χ0n) is 49.9. The Labute approximate surface area is 478 Å². The van der Waals surface area contributed by atoms with Crippen molar-refractivity contribution in [3.63, 3.8) is 0 Å². The number of carbonyl (C=O) groups is 1. The summed E-state index contributed by atoms with van der Waals surface area (Å²) < 4.78 is 11.3. The molecule has 6 N–H and O–H groups in total. The molecule has 0 aromatic heterocycles. The van der Waals surface area contributed by atoms with E-state index in [0.29, 0.717) is 6.42 Å². The number of hydrogen-bond donors (Lipinski definition) is 6. The van der Waals surface area contributed by atoms with Crippen molar-refractivity contribution in [2.75, 3.05) is 13.2 Å². The summed E-state index contributed by atoms with van der Waals surface area (Å²) in [5.41, 5.74) is 0. The summed E-state index contributed by atoms with van der Waals surface area (Å²) in [6, 6.07) is -0.831. The lowest BCUT2D eigenvalue weighted by atomic mass is 9.99. The first-order valence-corrected chi connectivity index (χ1v) is 32.1. The van der Waals surface area contributed by atoms with Crippen LogP contribution in [0.4, 0.5) is 0 Å². The van der Waals surface area contributed by atoms with Crippen molar-refractivity contribution in [2.45, 2.75) is 307 Å². The number of rotatable bonds is 54. The van der Waals surface area contributed by atoms with Gasteiger partial charge in [0, 0.05) is 6.42 Å². The number of nitrogens with one attached hydrogen (secondary N) is 1. The topological polar surface area (TPSA) is 149 Å². The van der Waals surface area contributed by atoms with Gasteiger partial charge in [-0.1, -0.05) is 277 Å². The lowest BCUT2D eigenvalue weighted by Gasteiger charge is -2.40. The minimum Gasteiger partial charge on any atom is -0.394 e. The van der Waals surface area contributed by atoms with E-state index >= 15 is 0 Å². The number of ether oxygens (including phenoxy) is 2. The van der Waals surface area contributed by atoms with Crippen molar-refractivity contribution < 1.29 is 39.8 Å². The quantitative estimate of drug-likeness (QED) is 0.0261. The average Bonchev–Trinajstić information content (AvgIpc) is 3.45. The summed E-state index contributed by atoms with van der Waals surface area (Å²) in [5, 5.41) is 54.6. The Balaban J connectivity index is 2.20. The number of carbonyl (C=O) groups excluding carboxylic acids is 1. The second-order valence-corrected chi connectivity index (χ2v) is 21.8. The number of amides is 1. The second-order valence-electron chi connectivity index (χ2n) is 21.8. The normalized spacial score (nSPS) is 19.4. The third kappa shape index (κ3) is 45.6. The van der Waals surface area contributed by atoms with Gasteiger partial charge in [-0.25, -0.2) is 0 Å². The van der Waals surface area contributed by atoms with Gasteiger partial charge >= 0.3 is 0 Å². The molecule has 1 aliphatic rings. The molecule has 1 aliphatic heterocycles. The SMILES string of the molecule is CC/C=C\C/C=C\C/C=C\C/C=C\C/C=C\C/C=C\C/C=C\CCCCCCCCCCCCCC(=O)NC(COC1OC(CO)C(O)C(O)C1O)C(O)/C=C/CC/C=C/CCCCCCCCCCCCCCCCCC. The highest BCUT2D eigenvalue weighted by Gasteiger charge is 2.44. The van der Waals surface area contributed by atoms with Crippen molar-refractivity contribution >= 4 is 5.91 Å². The van der Waals surface area contributed by atoms with Crippen molar-refractivity contribution in [3.05, 3.63) is 109 Å². The Hall–Kier alpha value is -3.15. The molecular formula is C69H119NO8. The van der Waals surface area contributed by atoms with Crippen molar-refractivity contribution in [1.82, 2.24) is 5.32 Å². The molecule has 9 heteroatoms. The van der Waals surface area contributed by atoms with Gasteiger partial charge in [-0.3, -0.25) is 4.79 Å². The Kier molecular flexibility index (Phi) is 53.3. The molecule has 0 aromatic carbocycles. The van der Waals surface area contributed by atoms with Gasteiger partial charge in [-0.05, 0) is 89.9 Å². The minimum atomic E-state index is -1.58. The predicted octanol–water partition coefficient (Wildman–Crippen LogP) is 16.9. The number of unbranched alkanes of at least 4 members (excludes halogenated alkanes) is 28. The Morgan fingerprint density at radius 2 is 0.808 bits per heavy atom. The van der Waals surface area contributed by atoms with Crippen molar-refractivity contribution in [1.29, 1.82) is 0 Å². The van der Waals surface area contributed by atoms with Crippen LogP contribution in [0.15, 0.2) is 109 Å². The summed E-state index contributed by atoms with van der Waals surface area (Å²) >= 11 is 0. The second kappa shape index (κ2) is 57.1. The molecule has 1 amide bonds. The Morgan fingerprint density at radius 3 is 1.23 bits per heavy atom. The highest BCUT2D eigenvalue weighted by molar-refractivity contribution is 5.76. The molecule has 1 heterocycles. The predicted molar refractivity (Wildman–Crippen MR) is 331 cm³/mol. The van der Waals surface area contributed by atoms with Crippen LogP contribution in [0, 0.1) is 0 Å². The van der Waals surface area contributed by atoms with Crippen LogP contribution < -0.4 is 5.32 Å². The van der Waals surface area contributed by atoms with E-state index in [-0.39, 0.29) is 12.5 Å². The van der Waals surface area contributed by atoms with E-state index in [4.69, 9.17) is 9.47 Å². The molecule has 448 valence electrons. The lowest BCUT2D eigenvalue weighted by molar-refractivity contribution is -0.302. The van der Waals surface area contributed by atoms with E-state index in [1.165, 1.54) is 148 Å². The Morgan fingerprint density at radius 1 is 0.449 bits per heavy atom. The molecule has 7 atom stereocenters. The van der Waals surface area contributed by atoms with Crippen LogP contribution in [-0.2, 0) is 14.3 Å². The van der Waals surface area contributed by atoms with Crippen LogP contribution in [-0.4, -0.2) is 87.5 Å². The fraction of sp³-hybridized carbons (Fsp3) is 0.725. The van der Waals surface area contributed by atoms with Gasteiger partial charge in [0.15, 0.2) is 6.29 Å². The molecule has 0 saturated carbocycles. The largest absolute Gasteiger partial charge is 0.394 e. The first kappa shape index (κ1) is 72.9. The zero-order valence-corrected chi connectivity index (χ0v) is 49.9. The lowest BCUT2D eigenvalue weighted by Crippen LogP contribution is -2.60. The van der Waals surface area contributed by atoms with Gasteiger partial charge in [0.1, 0.15) is 24.4 Å². The van der Waals surface area contributed by atoms with Gasteiger partial charge in [-0.2, -0.15) is 0 Å². The van der Waals surface area contributed by atoms with Crippen molar-refractivity contribution in [2.24, 2.45) is 0 Å². The van der Waals surface area contributed by atoms with Gasteiger partial charge < -0.3 is 40.3 Å². The van der Waals surface area contributed by atoms with Gasteiger partial charge in [0.25, 0.3) is 0 Å². The molecule has 0 aliphatic carbocycles. The molecule has 1 rings (SSSR count).